The number of nitrogens with zero attached hydrogens (tertiary/aromatic N) is 5. The van der Waals surface area contributed by atoms with Gasteiger partial charge < -0.3 is 15.4 Å². The van der Waals surface area contributed by atoms with Gasteiger partial charge in [0.25, 0.3) is 0 Å². The highest BCUT2D eigenvalue weighted by atomic mass is 32.2. The van der Waals surface area contributed by atoms with E-state index in [4.69, 9.17) is 10.5 Å². The Hall–Kier alpha value is -3.68. The molecule has 2 aromatic carbocycles. The zero-order valence-electron chi connectivity index (χ0n) is 25.0. The van der Waals surface area contributed by atoms with Gasteiger partial charge in [-0.05, 0) is 44.0 Å². The lowest BCUT2D eigenvalue weighted by molar-refractivity contribution is -0.137. The molecule has 47 heavy (non-hydrogen) atoms. The summed E-state index contributed by atoms with van der Waals surface area (Å²) in [5.74, 6) is -1.78. The molecule has 3 aliphatic heterocycles. The zero-order valence-corrected chi connectivity index (χ0v) is 26.6. The molecule has 8 nitrogen and oxygen atoms in total. The summed E-state index contributed by atoms with van der Waals surface area (Å²) in [5, 5.41) is 9.17. The molecule has 0 saturated carbocycles. The summed E-state index contributed by atoms with van der Waals surface area (Å²) < 4.78 is 109. The normalized spacial score (nSPS) is 25.1. The smallest absolute Gasteiger partial charge is 0.417 e. The third-order valence-electron chi connectivity index (χ3n) is 9.42. The predicted molar refractivity (Wildman–Crippen MR) is 168 cm³/mol. The number of alkyl halides is 4. The standard InChI is InChI=1S/C31H28F6N6O2S2/c1-15-13-47(44)8-7-43(15)28-18-9-20(31(35,36)37)23(17-3-4-21(33)26-22(17)19(11-38)27(39)46-26)24(34)25(18)40-29(41-28)45-14-30-5-2-6-42(30)12-16(32)10-30/h3-4,9,15-16H,2,5-8,10,12-14,39H2,1H3/t15-,16+,30-,47?/m0/s1. The Balaban J connectivity index is 1.47. The van der Waals surface area contributed by atoms with E-state index >= 15 is 4.39 Å². The summed E-state index contributed by atoms with van der Waals surface area (Å²) in [6.07, 6.45) is -4.40. The van der Waals surface area contributed by atoms with Gasteiger partial charge in [-0.3, -0.25) is 9.11 Å². The van der Waals surface area contributed by atoms with Crippen LogP contribution in [0.2, 0.25) is 0 Å². The molecule has 2 N–H and O–H groups in total. The van der Waals surface area contributed by atoms with Crippen molar-refractivity contribution in [3.63, 3.8) is 0 Å². The van der Waals surface area contributed by atoms with E-state index in [1.165, 1.54) is 0 Å². The van der Waals surface area contributed by atoms with Crippen LogP contribution in [-0.4, -0.2) is 74.6 Å². The Morgan fingerprint density at radius 2 is 2.04 bits per heavy atom. The molecular formula is C31H28F6N6O2S2. The van der Waals surface area contributed by atoms with Crippen LogP contribution in [-0.2, 0) is 17.0 Å². The second-order valence-electron chi connectivity index (χ2n) is 12.3. The van der Waals surface area contributed by atoms with Crippen LogP contribution in [0.25, 0.3) is 32.1 Å². The summed E-state index contributed by atoms with van der Waals surface area (Å²) in [6, 6.07) is 3.73. The summed E-state index contributed by atoms with van der Waals surface area (Å²) >= 11 is 0.680. The third kappa shape index (κ3) is 5.26. The number of nitrogen functional groups attached to an aromatic ring is 1. The first kappa shape index (κ1) is 31.9. The quantitative estimate of drug-likeness (QED) is 0.247. The maximum Gasteiger partial charge on any atom is 0.417 e. The molecule has 2 aromatic heterocycles. The van der Waals surface area contributed by atoms with Gasteiger partial charge in [0, 0.05) is 64.2 Å². The largest absolute Gasteiger partial charge is 0.461 e. The minimum Gasteiger partial charge on any atom is -0.461 e. The lowest BCUT2D eigenvalue weighted by Crippen LogP contribution is -2.45. The molecule has 0 spiro atoms. The van der Waals surface area contributed by atoms with Gasteiger partial charge in [-0.25, -0.2) is 13.2 Å². The van der Waals surface area contributed by atoms with Gasteiger partial charge >= 0.3 is 12.2 Å². The SMILES string of the molecule is C[C@H]1CS(=O)CCN1c1nc(OC[C@@]23CCCN2C[C@H](F)C3)nc2c(F)c(-c3ccc(F)c4sc(N)c(C#N)c34)c(C(F)(F)F)cc12. The molecule has 0 aliphatic carbocycles. The molecule has 0 bridgehead atoms. The van der Waals surface area contributed by atoms with Crippen LogP contribution in [0.1, 0.15) is 37.3 Å². The number of aromatic nitrogens is 2. The summed E-state index contributed by atoms with van der Waals surface area (Å²) in [6.45, 7) is 2.86. The van der Waals surface area contributed by atoms with Gasteiger partial charge in [-0.15, -0.1) is 11.3 Å². The number of hydrogen-bond acceptors (Lipinski definition) is 9. The Morgan fingerprint density at radius 3 is 2.77 bits per heavy atom. The van der Waals surface area contributed by atoms with Crippen molar-refractivity contribution in [2.75, 3.05) is 48.4 Å². The topological polar surface area (TPSA) is 108 Å². The lowest BCUT2D eigenvalue weighted by Gasteiger charge is -2.35. The van der Waals surface area contributed by atoms with E-state index in [0.717, 1.165) is 24.6 Å². The number of ether oxygens (including phenoxy) is 1. The monoisotopic (exact) mass is 694 g/mol. The molecule has 248 valence electrons. The maximum absolute atomic E-state index is 16.9. The van der Waals surface area contributed by atoms with Crippen LogP contribution < -0.4 is 15.4 Å². The number of nitriles is 1. The minimum atomic E-state index is -5.10. The van der Waals surface area contributed by atoms with Crippen molar-refractivity contribution in [2.45, 2.75) is 50.1 Å². The molecule has 5 heterocycles. The molecule has 3 aliphatic rings. The highest BCUT2D eigenvalue weighted by molar-refractivity contribution is 7.85. The first-order valence-corrected chi connectivity index (χ1v) is 17.3. The van der Waals surface area contributed by atoms with Gasteiger partial charge in [0.15, 0.2) is 5.82 Å². The Kier molecular flexibility index (Phi) is 7.79. The molecule has 3 fully saturated rings. The molecule has 4 aromatic rings. The van der Waals surface area contributed by atoms with Crippen molar-refractivity contribution in [3.8, 4) is 23.2 Å². The van der Waals surface area contributed by atoms with E-state index in [1.54, 1.807) is 11.8 Å². The van der Waals surface area contributed by atoms with Crippen LogP contribution in [0.3, 0.4) is 0 Å². The van der Waals surface area contributed by atoms with Crippen LogP contribution in [0.5, 0.6) is 6.01 Å². The highest BCUT2D eigenvalue weighted by Gasteiger charge is 2.49. The Morgan fingerprint density at radius 1 is 1.26 bits per heavy atom. The number of hydrogen-bond donors (Lipinski definition) is 1. The van der Waals surface area contributed by atoms with E-state index in [1.807, 2.05) is 11.0 Å². The average Bonchev–Trinajstić information content (AvgIpc) is 3.65. The van der Waals surface area contributed by atoms with Crippen molar-refractivity contribution in [1.29, 1.82) is 5.26 Å². The molecule has 1 unspecified atom stereocenters. The third-order valence-corrected chi connectivity index (χ3v) is 11.9. The second-order valence-corrected chi connectivity index (χ2v) is 15.0. The molecule has 4 atom stereocenters. The average molecular weight is 695 g/mol. The molecule has 3 saturated heterocycles. The van der Waals surface area contributed by atoms with Crippen LogP contribution in [0, 0.1) is 23.0 Å². The van der Waals surface area contributed by atoms with Gasteiger partial charge in [-0.2, -0.15) is 28.4 Å². The van der Waals surface area contributed by atoms with Crippen molar-refractivity contribution in [3.05, 3.63) is 41.0 Å². The summed E-state index contributed by atoms with van der Waals surface area (Å²) in [5.41, 5.74) is 1.89. The number of nitrogens with two attached hydrogens (primary N) is 1. The van der Waals surface area contributed by atoms with Gasteiger partial charge in [0.2, 0.25) is 0 Å². The van der Waals surface area contributed by atoms with Crippen LogP contribution >= 0.6 is 11.3 Å². The number of anilines is 2. The van der Waals surface area contributed by atoms with Crippen molar-refractivity contribution in [2.24, 2.45) is 0 Å². The fourth-order valence-electron chi connectivity index (χ4n) is 7.30. The van der Waals surface area contributed by atoms with Crippen molar-refractivity contribution in [1.82, 2.24) is 14.9 Å². The Bertz CT molecular complexity index is 2000. The second kappa shape index (κ2) is 11.5. The number of halogens is 6. The highest BCUT2D eigenvalue weighted by Crippen LogP contribution is 2.48. The molecule has 7 rings (SSSR count). The van der Waals surface area contributed by atoms with E-state index < -0.39 is 63.0 Å². The lowest BCUT2D eigenvalue weighted by atomic mass is 9.92. The summed E-state index contributed by atoms with van der Waals surface area (Å²) in [7, 11) is -1.16. The minimum absolute atomic E-state index is 0.00859. The molecule has 16 heteroatoms. The first-order chi connectivity index (χ1) is 22.3. The summed E-state index contributed by atoms with van der Waals surface area (Å²) in [4.78, 5) is 12.4. The van der Waals surface area contributed by atoms with E-state index in [2.05, 4.69) is 9.97 Å². The van der Waals surface area contributed by atoms with E-state index in [-0.39, 0.29) is 81.1 Å². The molecular weight excluding hydrogens is 667 g/mol. The number of thiophene rings is 1. The number of rotatable bonds is 5. The van der Waals surface area contributed by atoms with Crippen molar-refractivity contribution < 1.29 is 35.3 Å². The molecule has 0 amide bonds. The fourth-order valence-corrected chi connectivity index (χ4v) is 9.53. The van der Waals surface area contributed by atoms with Crippen molar-refractivity contribution >= 4 is 53.9 Å². The number of fused-ring (bicyclic) bond motifs is 3. The van der Waals surface area contributed by atoms with E-state index in [0.29, 0.717) is 24.3 Å². The van der Waals surface area contributed by atoms with Crippen LogP contribution in [0.4, 0.5) is 37.2 Å². The Labute approximate surface area is 271 Å². The van der Waals surface area contributed by atoms with Crippen LogP contribution in [0.15, 0.2) is 18.2 Å². The number of benzene rings is 2. The maximum atomic E-state index is 16.9. The first-order valence-electron chi connectivity index (χ1n) is 15.0. The van der Waals surface area contributed by atoms with Gasteiger partial charge in [-0.1, -0.05) is 6.07 Å². The predicted octanol–water partition coefficient (Wildman–Crippen LogP) is 6.17. The van der Waals surface area contributed by atoms with Gasteiger partial charge in [0.1, 0.15) is 41.0 Å². The van der Waals surface area contributed by atoms with Gasteiger partial charge in [0.05, 0.1) is 21.4 Å². The van der Waals surface area contributed by atoms with E-state index in [9.17, 15) is 31.4 Å². The molecule has 0 radical (unpaired) electrons. The fraction of sp³-hybridized carbons (Fsp3) is 0.452. The zero-order chi connectivity index (χ0) is 33.4.